The standard InChI is InChI=1S/C17H27N3O/c1-2-20(16-9-4-3-5-10-16)13-7-12-19-17(21)15-8-6-11-18-14-15/h3-5,9-10,15,18H,2,6-8,11-14H2,1H3,(H,19,21)/t15-/m0/s1. The van der Waals surface area contributed by atoms with Crippen LogP contribution in [0.3, 0.4) is 0 Å². The van der Waals surface area contributed by atoms with Gasteiger partial charge in [-0.3, -0.25) is 4.79 Å². The first-order valence-corrected chi connectivity index (χ1v) is 8.09. The zero-order chi connectivity index (χ0) is 14.9. The first kappa shape index (κ1) is 15.8. The van der Waals surface area contributed by atoms with E-state index in [4.69, 9.17) is 0 Å². The Bertz CT molecular complexity index is 415. The second-order valence-corrected chi connectivity index (χ2v) is 5.60. The van der Waals surface area contributed by atoms with Crippen molar-refractivity contribution in [3.05, 3.63) is 30.3 Å². The molecule has 1 atom stereocenters. The number of benzene rings is 1. The maximum atomic E-state index is 12.0. The van der Waals surface area contributed by atoms with E-state index in [0.717, 1.165) is 52.0 Å². The van der Waals surface area contributed by atoms with Crippen molar-refractivity contribution >= 4 is 11.6 Å². The minimum atomic E-state index is 0.162. The lowest BCUT2D eigenvalue weighted by Crippen LogP contribution is -2.41. The van der Waals surface area contributed by atoms with Crippen LogP contribution in [0.25, 0.3) is 0 Å². The Morgan fingerprint density at radius 2 is 2.19 bits per heavy atom. The van der Waals surface area contributed by atoms with Crippen LogP contribution in [0.4, 0.5) is 5.69 Å². The number of nitrogens with one attached hydrogen (secondary N) is 2. The molecule has 1 aromatic carbocycles. The Kier molecular flexibility index (Phi) is 6.54. The van der Waals surface area contributed by atoms with Gasteiger partial charge in [0.1, 0.15) is 0 Å². The molecular weight excluding hydrogens is 262 g/mol. The van der Waals surface area contributed by atoms with Crippen molar-refractivity contribution in [3.63, 3.8) is 0 Å². The summed E-state index contributed by atoms with van der Waals surface area (Å²) in [4.78, 5) is 14.4. The van der Waals surface area contributed by atoms with Crippen molar-refractivity contribution < 1.29 is 4.79 Å². The quantitative estimate of drug-likeness (QED) is 0.755. The number of rotatable bonds is 7. The number of anilines is 1. The Hall–Kier alpha value is -1.55. The van der Waals surface area contributed by atoms with E-state index in [1.807, 2.05) is 6.07 Å². The highest BCUT2D eigenvalue weighted by molar-refractivity contribution is 5.78. The van der Waals surface area contributed by atoms with Gasteiger partial charge in [0.25, 0.3) is 0 Å². The summed E-state index contributed by atoms with van der Waals surface area (Å²) in [5.41, 5.74) is 1.25. The second-order valence-electron chi connectivity index (χ2n) is 5.60. The van der Waals surface area contributed by atoms with Gasteiger partial charge < -0.3 is 15.5 Å². The highest BCUT2D eigenvalue weighted by atomic mass is 16.1. The van der Waals surface area contributed by atoms with E-state index >= 15 is 0 Å². The van der Waals surface area contributed by atoms with Crippen LogP contribution in [-0.2, 0) is 4.79 Å². The van der Waals surface area contributed by atoms with Crippen LogP contribution in [0, 0.1) is 5.92 Å². The van der Waals surface area contributed by atoms with Crippen molar-refractivity contribution in [3.8, 4) is 0 Å². The molecule has 4 heteroatoms. The topological polar surface area (TPSA) is 44.4 Å². The third-order valence-electron chi connectivity index (χ3n) is 4.07. The highest BCUT2D eigenvalue weighted by Gasteiger charge is 2.20. The fourth-order valence-corrected chi connectivity index (χ4v) is 2.81. The van der Waals surface area contributed by atoms with Crippen molar-refractivity contribution in [1.29, 1.82) is 0 Å². The van der Waals surface area contributed by atoms with Gasteiger partial charge >= 0.3 is 0 Å². The SMILES string of the molecule is CCN(CCCNC(=O)[C@H]1CCCNC1)c1ccccc1. The third-order valence-corrected chi connectivity index (χ3v) is 4.07. The van der Waals surface area contributed by atoms with Crippen LogP contribution in [0.1, 0.15) is 26.2 Å². The molecule has 1 amide bonds. The van der Waals surface area contributed by atoms with E-state index in [9.17, 15) is 4.79 Å². The number of carbonyl (C=O) groups excluding carboxylic acids is 1. The maximum Gasteiger partial charge on any atom is 0.224 e. The van der Waals surface area contributed by atoms with E-state index in [2.05, 4.69) is 46.7 Å². The average molecular weight is 289 g/mol. The average Bonchev–Trinajstić information content (AvgIpc) is 2.56. The first-order valence-electron chi connectivity index (χ1n) is 8.09. The molecule has 1 fully saturated rings. The Morgan fingerprint density at radius 1 is 1.38 bits per heavy atom. The van der Waals surface area contributed by atoms with Gasteiger partial charge in [-0.2, -0.15) is 0 Å². The largest absolute Gasteiger partial charge is 0.372 e. The molecule has 0 aromatic heterocycles. The molecule has 0 bridgehead atoms. The summed E-state index contributed by atoms with van der Waals surface area (Å²) in [5.74, 6) is 0.375. The summed E-state index contributed by atoms with van der Waals surface area (Å²) < 4.78 is 0. The molecule has 0 saturated carbocycles. The molecule has 1 aliphatic heterocycles. The lowest BCUT2D eigenvalue weighted by Gasteiger charge is -2.24. The van der Waals surface area contributed by atoms with Crippen LogP contribution in [0.15, 0.2) is 30.3 Å². The molecule has 0 radical (unpaired) electrons. The molecule has 4 nitrogen and oxygen atoms in total. The summed E-state index contributed by atoms with van der Waals surface area (Å²) in [6, 6.07) is 10.4. The molecule has 1 aromatic rings. The molecule has 21 heavy (non-hydrogen) atoms. The van der Waals surface area contributed by atoms with E-state index < -0.39 is 0 Å². The summed E-state index contributed by atoms with van der Waals surface area (Å²) >= 11 is 0. The number of carbonyl (C=O) groups is 1. The van der Waals surface area contributed by atoms with E-state index in [1.54, 1.807) is 0 Å². The number of para-hydroxylation sites is 1. The number of nitrogens with zero attached hydrogens (tertiary/aromatic N) is 1. The van der Waals surface area contributed by atoms with Gasteiger partial charge in [-0.05, 0) is 44.9 Å². The van der Waals surface area contributed by atoms with Gasteiger partial charge in [-0.1, -0.05) is 18.2 Å². The highest BCUT2D eigenvalue weighted by Crippen LogP contribution is 2.13. The molecule has 0 aliphatic carbocycles. The lowest BCUT2D eigenvalue weighted by molar-refractivity contribution is -0.125. The zero-order valence-corrected chi connectivity index (χ0v) is 13.0. The molecule has 0 unspecified atom stereocenters. The molecule has 116 valence electrons. The van der Waals surface area contributed by atoms with Crippen LogP contribution in [-0.4, -0.2) is 38.6 Å². The Morgan fingerprint density at radius 3 is 2.86 bits per heavy atom. The number of hydrogen-bond donors (Lipinski definition) is 2. The Labute approximate surface area is 127 Å². The van der Waals surface area contributed by atoms with Crippen molar-refractivity contribution in [2.45, 2.75) is 26.2 Å². The van der Waals surface area contributed by atoms with Gasteiger partial charge in [0.2, 0.25) is 5.91 Å². The van der Waals surface area contributed by atoms with Gasteiger partial charge in [-0.15, -0.1) is 0 Å². The van der Waals surface area contributed by atoms with Crippen LogP contribution in [0.5, 0.6) is 0 Å². The molecule has 1 heterocycles. The normalized spacial score (nSPS) is 18.2. The van der Waals surface area contributed by atoms with E-state index in [-0.39, 0.29) is 11.8 Å². The number of piperidine rings is 1. The smallest absolute Gasteiger partial charge is 0.224 e. The molecule has 2 rings (SSSR count). The molecular formula is C17H27N3O. The Balaban J connectivity index is 1.67. The second kappa shape index (κ2) is 8.67. The predicted molar refractivity (Wildman–Crippen MR) is 87.5 cm³/mol. The first-order chi connectivity index (χ1) is 10.3. The minimum absolute atomic E-state index is 0.162. The van der Waals surface area contributed by atoms with E-state index in [1.165, 1.54) is 5.69 Å². The summed E-state index contributed by atoms with van der Waals surface area (Å²) in [6.45, 7) is 6.77. The van der Waals surface area contributed by atoms with Crippen molar-refractivity contribution in [2.75, 3.05) is 37.6 Å². The van der Waals surface area contributed by atoms with Gasteiger partial charge in [0, 0.05) is 31.9 Å². The fraction of sp³-hybridized carbons (Fsp3) is 0.588. The monoisotopic (exact) mass is 289 g/mol. The number of hydrogen-bond acceptors (Lipinski definition) is 3. The van der Waals surface area contributed by atoms with E-state index in [0.29, 0.717) is 0 Å². The van der Waals surface area contributed by atoms with Gasteiger partial charge in [0.05, 0.1) is 5.92 Å². The zero-order valence-electron chi connectivity index (χ0n) is 13.0. The third kappa shape index (κ3) is 5.05. The fourth-order valence-electron chi connectivity index (χ4n) is 2.81. The number of amides is 1. The van der Waals surface area contributed by atoms with Crippen molar-refractivity contribution in [1.82, 2.24) is 10.6 Å². The predicted octanol–water partition coefficient (Wildman–Crippen LogP) is 2.02. The minimum Gasteiger partial charge on any atom is -0.372 e. The lowest BCUT2D eigenvalue weighted by atomic mass is 9.99. The van der Waals surface area contributed by atoms with Gasteiger partial charge in [-0.25, -0.2) is 0 Å². The molecule has 1 aliphatic rings. The van der Waals surface area contributed by atoms with Crippen LogP contribution < -0.4 is 15.5 Å². The summed E-state index contributed by atoms with van der Waals surface area (Å²) in [5, 5.41) is 6.36. The molecule has 1 saturated heterocycles. The summed E-state index contributed by atoms with van der Waals surface area (Å²) in [6.07, 6.45) is 3.11. The molecule has 2 N–H and O–H groups in total. The molecule has 0 spiro atoms. The van der Waals surface area contributed by atoms with Crippen LogP contribution >= 0.6 is 0 Å². The van der Waals surface area contributed by atoms with Gasteiger partial charge in [0.15, 0.2) is 0 Å². The maximum absolute atomic E-state index is 12.0. The van der Waals surface area contributed by atoms with Crippen molar-refractivity contribution in [2.24, 2.45) is 5.92 Å². The van der Waals surface area contributed by atoms with Crippen LogP contribution in [0.2, 0.25) is 0 Å². The summed E-state index contributed by atoms with van der Waals surface area (Å²) in [7, 11) is 0.